The van der Waals surface area contributed by atoms with Gasteiger partial charge in [0.1, 0.15) is 17.5 Å². The minimum absolute atomic E-state index is 0.460. The van der Waals surface area contributed by atoms with Crippen LogP contribution in [-0.4, -0.2) is 16.5 Å². The topological polar surface area (TPSA) is 37.8 Å². The molecule has 1 heterocycles. The van der Waals surface area contributed by atoms with Crippen molar-refractivity contribution in [2.75, 3.05) is 11.9 Å². The summed E-state index contributed by atoms with van der Waals surface area (Å²) in [4.78, 5) is 8.20. The quantitative estimate of drug-likeness (QED) is 0.905. The highest BCUT2D eigenvalue weighted by atomic mass is 19.1. The van der Waals surface area contributed by atoms with Gasteiger partial charge in [0.05, 0.1) is 11.9 Å². The summed E-state index contributed by atoms with van der Waals surface area (Å²) in [5.41, 5.74) is 1.29. The van der Waals surface area contributed by atoms with Gasteiger partial charge in [-0.15, -0.1) is 0 Å². The maximum absolute atomic E-state index is 13.3. The molecule has 0 radical (unpaired) electrons. The SMILES string of the molecule is Cc1cncc(NCCc2ccc(F)cc2F)n1. The Bertz CT molecular complexity index is 544. The van der Waals surface area contributed by atoms with E-state index < -0.39 is 11.6 Å². The van der Waals surface area contributed by atoms with E-state index in [-0.39, 0.29) is 0 Å². The van der Waals surface area contributed by atoms with E-state index in [1.165, 1.54) is 12.1 Å². The molecule has 0 atom stereocenters. The van der Waals surface area contributed by atoms with E-state index in [0.717, 1.165) is 11.8 Å². The van der Waals surface area contributed by atoms with Crippen LogP contribution in [0.5, 0.6) is 0 Å². The number of hydrogen-bond acceptors (Lipinski definition) is 3. The third-order valence-electron chi connectivity index (χ3n) is 2.47. The Morgan fingerprint density at radius 2 is 2.06 bits per heavy atom. The highest BCUT2D eigenvalue weighted by Crippen LogP contribution is 2.10. The van der Waals surface area contributed by atoms with E-state index in [1.807, 2.05) is 6.92 Å². The lowest BCUT2D eigenvalue weighted by Gasteiger charge is -2.06. The molecule has 3 nitrogen and oxygen atoms in total. The Hall–Kier alpha value is -2.04. The lowest BCUT2D eigenvalue weighted by atomic mass is 10.1. The molecule has 0 saturated heterocycles. The smallest absolute Gasteiger partial charge is 0.144 e. The Kier molecular flexibility index (Phi) is 3.82. The Balaban J connectivity index is 1.92. The molecule has 0 amide bonds. The van der Waals surface area contributed by atoms with Crippen molar-refractivity contribution in [2.24, 2.45) is 0 Å². The number of nitrogens with zero attached hydrogens (tertiary/aromatic N) is 2. The molecule has 0 aliphatic rings. The maximum atomic E-state index is 13.3. The summed E-state index contributed by atoms with van der Waals surface area (Å²) in [5, 5.41) is 3.04. The van der Waals surface area contributed by atoms with Gasteiger partial charge in [-0.25, -0.2) is 13.8 Å². The average Bonchev–Trinajstić information content (AvgIpc) is 2.32. The highest BCUT2D eigenvalue weighted by Gasteiger charge is 2.03. The van der Waals surface area contributed by atoms with Crippen LogP contribution in [0.1, 0.15) is 11.3 Å². The molecule has 0 bridgehead atoms. The third kappa shape index (κ3) is 3.23. The van der Waals surface area contributed by atoms with Crippen LogP contribution in [0.4, 0.5) is 14.6 Å². The van der Waals surface area contributed by atoms with E-state index in [0.29, 0.717) is 24.3 Å². The molecular formula is C13H13F2N3. The van der Waals surface area contributed by atoms with E-state index in [1.54, 1.807) is 12.4 Å². The molecule has 0 saturated carbocycles. The first kappa shape index (κ1) is 12.4. The third-order valence-corrected chi connectivity index (χ3v) is 2.47. The lowest BCUT2D eigenvalue weighted by Crippen LogP contribution is -2.08. The average molecular weight is 249 g/mol. The first-order chi connectivity index (χ1) is 8.65. The molecule has 94 valence electrons. The summed E-state index contributed by atoms with van der Waals surface area (Å²) in [6, 6.07) is 3.60. The first-order valence-electron chi connectivity index (χ1n) is 5.61. The molecule has 0 aliphatic carbocycles. The standard InChI is InChI=1S/C13H13F2N3/c1-9-7-16-8-13(18-9)17-5-4-10-2-3-11(14)6-12(10)15/h2-3,6-8H,4-5H2,1H3,(H,17,18). The molecule has 0 spiro atoms. The van der Waals surface area contributed by atoms with Crippen molar-refractivity contribution >= 4 is 5.82 Å². The molecule has 0 fully saturated rings. The summed E-state index contributed by atoms with van der Waals surface area (Å²) in [7, 11) is 0. The molecule has 1 aromatic heterocycles. The normalized spacial score (nSPS) is 10.4. The van der Waals surface area contributed by atoms with Crippen LogP contribution in [-0.2, 0) is 6.42 Å². The number of rotatable bonds is 4. The highest BCUT2D eigenvalue weighted by molar-refractivity contribution is 5.32. The first-order valence-corrected chi connectivity index (χ1v) is 5.61. The predicted molar refractivity (Wildman–Crippen MR) is 65.3 cm³/mol. The molecule has 18 heavy (non-hydrogen) atoms. The number of hydrogen-bond donors (Lipinski definition) is 1. The lowest BCUT2D eigenvalue weighted by molar-refractivity contribution is 0.572. The fourth-order valence-electron chi connectivity index (χ4n) is 1.60. The van der Waals surface area contributed by atoms with Crippen LogP contribution in [0.3, 0.4) is 0 Å². The van der Waals surface area contributed by atoms with Crippen molar-refractivity contribution in [1.82, 2.24) is 9.97 Å². The Labute approximate surface area is 104 Å². The van der Waals surface area contributed by atoms with Crippen LogP contribution in [0.2, 0.25) is 0 Å². The fourth-order valence-corrected chi connectivity index (χ4v) is 1.60. The van der Waals surface area contributed by atoms with Crippen molar-refractivity contribution in [1.29, 1.82) is 0 Å². The Morgan fingerprint density at radius 1 is 1.22 bits per heavy atom. The van der Waals surface area contributed by atoms with Gasteiger partial charge in [0.2, 0.25) is 0 Å². The van der Waals surface area contributed by atoms with Crippen LogP contribution in [0.15, 0.2) is 30.6 Å². The number of nitrogens with one attached hydrogen (secondary N) is 1. The number of anilines is 1. The van der Waals surface area contributed by atoms with E-state index in [9.17, 15) is 8.78 Å². The molecule has 0 aliphatic heterocycles. The van der Waals surface area contributed by atoms with E-state index >= 15 is 0 Å². The largest absolute Gasteiger partial charge is 0.368 e. The summed E-state index contributed by atoms with van der Waals surface area (Å²) in [6.45, 7) is 2.36. The van der Waals surface area contributed by atoms with Crippen molar-refractivity contribution in [3.8, 4) is 0 Å². The number of halogens is 2. The van der Waals surface area contributed by atoms with Gasteiger partial charge >= 0.3 is 0 Å². The van der Waals surface area contributed by atoms with Crippen molar-refractivity contribution in [2.45, 2.75) is 13.3 Å². The van der Waals surface area contributed by atoms with Gasteiger partial charge < -0.3 is 5.32 Å². The fraction of sp³-hybridized carbons (Fsp3) is 0.231. The number of aromatic nitrogens is 2. The van der Waals surface area contributed by atoms with Gasteiger partial charge in [-0.2, -0.15) is 0 Å². The van der Waals surface area contributed by atoms with Crippen LogP contribution < -0.4 is 5.32 Å². The minimum atomic E-state index is -0.561. The van der Waals surface area contributed by atoms with Crippen LogP contribution in [0, 0.1) is 18.6 Å². The second-order valence-electron chi connectivity index (χ2n) is 3.96. The molecule has 1 aromatic carbocycles. The Morgan fingerprint density at radius 3 is 2.78 bits per heavy atom. The monoisotopic (exact) mass is 249 g/mol. The second kappa shape index (κ2) is 5.53. The number of benzene rings is 1. The van der Waals surface area contributed by atoms with Gasteiger partial charge in [0, 0.05) is 18.8 Å². The van der Waals surface area contributed by atoms with Gasteiger partial charge in [-0.3, -0.25) is 4.98 Å². The van der Waals surface area contributed by atoms with Crippen molar-refractivity contribution < 1.29 is 8.78 Å². The van der Waals surface area contributed by atoms with Crippen LogP contribution >= 0.6 is 0 Å². The van der Waals surface area contributed by atoms with Gasteiger partial charge in [-0.05, 0) is 25.0 Å². The van der Waals surface area contributed by atoms with Gasteiger partial charge in [-0.1, -0.05) is 6.07 Å². The predicted octanol–water partition coefficient (Wildman–Crippen LogP) is 2.72. The van der Waals surface area contributed by atoms with E-state index in [4.69, 9.17) is 0 Å². The summed E-state index contributed by atoms with van der Waals surface area (Å²) in [5.74, 6) is -0.432. The van der Waals surface area contributed by atoms with Gasteiger partial charge in [0.25, 0.3) is 0 Å². The number of aryl methyl sites for hydroxylation is 1. The maximum Gasteiger partial charge on any atom is 0.144 e. The summed E-state index contributed by atoms with van der Waals surface area (Å²) in [6.07, 6.45) is 3.72. The van der Waals surface area contributed by atoms with E-state index in [2.05, 4.69) is 15.3 Å². The van der Waals surface area contributed by atoms with Crippen LogP contribution in [0.25, 0.3) is 0 Å². The summed E-state index contributed by atoms with van der Waals surface area (Å²) < 4.78 is 26.0. The molecular weight excluding hydrogens is 236 g/mol. The van der Waals surface area contributed by atoms with Crippen molar-refractivity contribution in [3.05, 3.63) is 53.5 Å². The second-order valence-corrected chi connectivity index (χ2v) is 3.96. The molecule has 5 heteroatoms. The molecule has 1 N–H and O–H groups in total. The van der Waals surface area contributed by atoms with Crippen molar-refractivity contribution in [3.63, 3.8) is 0 Å². The molecule has 2 rings (SSSR count). The summed E-state index contributed by atoms with van der Waals surface area (Å²) >= 11 is 0. The zero-order chi connectivity index (χ0) is 13.0. The molecule has 0 unspecified atom stereocenters. The zero-order valence-corrected chi connectivity index (χ0v) is 9.95. The molecule has 2 aromatic rings. The van der Waals surface area contributed by atoms with Gasteiger partial charge in [0.15, 0.2) is 0 Å². The minimum Gasteiger partial charge on any atom is -0.368 e. The zero-order valence-electron chi connectivity index (χ0n) is 9.95.